The summed E-state index contributed by atoms with van der Waals surface area (Å²) >= 11 is 3.08. The van der Waals surface area contributed by atoms with Crippen LogP contribution in [0.25, 0.3) is 0 Å². The molecule has 0 heterocycles. The van der Waals surface area contributed by atoms with E-state index in [1.165, 1.54) is 6.07 Å². The molecule has 1 rings (SSSR count). The van der Waals surface area contributed by atoms with Gasteiger partial charge in [-0.25, -0.2) is 4.39 Å². The fourth-order valence-corrected chi connectivity index (χ4v) is 1.68. The fraction of sp³-hybridized carbons (Fsp3) is 0.500. The van der Waals surface area contributed by atoms with Gasteiger partial charge in [-0.2, -0.15) is 0 Å². The molecule has 0 unspecified atom stereocenters. The Kier molecular flexibility index (Phi) is 6.29. The van der Waals surface area contributed by atoms with E-state index in [1.807, 2.05) is 0 Å². The first-order chi connectivity index (χ1) is 8.15. The predicted octanol–water partition coefficient (Wildman–Crippen LogP) is 3.40. The van der Waals surface area contributed by atoms with Crippen LogP contribution in [0.3, 0.4) is 0 Å². The molecule has 0 saturated heterocycles. The molecule has 0 fully saturated rings. The second-order valence-corrected chi connectivity index (χ2v) is 4.60. The average Bonchev–Trinajstić information content (AvgIpc) is 2.30. The van der Waals surface area contributed by atoms with Gasteiger partial charge in [0.25, 0.3) is 0 Å². The number of rotatable bonds is 7. The van der Waals surface area contributed by atoms with Crippen LogP contribution in [-0.4, -0.2) is 19.8 Å². The van der Waals surface area contributed by atoms with Gasteiger partial charge in [0.1, 0.15) is 5.82 Å². The van der Waals surface area contributed by atoms with Crippen LogP contribution in [0, 0.1) is 5.82 Å². The van der Waals surface area contributed by atoms with Crippen LogP contribution in [-0.2, 0) is 4.74 Å². The van der Waals surface area contributed by atoms with Gasteiger partial charge in [0.2, 0.25) is 0 Å². The molecule has 0 bridgehead atoms. The van der Waals surface area contributed by atoms with Gasteiger partial charge in [0.05, 0.1) is 22.5 Å². The first-order valence-corrected chi connectivity index (χ1v) is 6.50. The molecule has 0 aromatic heterocycles. The SMILES string of the molecule is CCCCOCCNc1cc(F)c(Br)cc1N. The molecule has 0 aliphatic heterocycles. The number of nitrogen functional groups attached to an aromatic ring is 1. The number of halogens is 2. The van der Waals surface area contributed by atoms with Crippen LogP contribution < -0.4 is 11.1 Å². The molecular formula is C12H18BrFN2O. The minimum absolute atomic E-state index is 0.325. The lowest BCUT2D eigenvalue weighted by molar-refractivity contribution is 0.141. The van der Waals surface area contributed by atoms with Gasteiger partial charge in [-0.1, -0.05) is 13.3 Å². The van der Waals surface area contributed by atoms with Crippen molar-refractivity contribution >= 4 is 27.3 Å². The highest BCUT2D eigenvalue weighted by molar-refractivity contribution is 9.10. The first-order valence-electron chi connectivity index (χ1n) is 5.71. The first kappa shape index (κ1) is 14.3. The number of ether oxygens (including phenoxy) is 1. The molecule has 3 N–H and O–H groups in total. The topological polar surface area (TPSA) is 47.3 Å². The zero-order chi connectivity index (χ0) is 12.7. The van der Waals surface area contributed by atoms with E-state index >= 15 is 0 Å². The lowest BCUT2D eigenvalue weighted by atomic mass is 10.2. The van der Waals surface area contributed by atoms with Gasteiger partial charge in [-0.15, -0.1) is 0 Å². The second kappa shape index (κ2) is 7.50. The van der Waals surface area contributed by atoms with Crippen molar-refractivity contribution in [2.75, 3.05) is 30.8 Å². The van der Waals surface area contributed by atoms with Crippen LogP contribution in [0.15, 0.2) is 16.6 Å². The average molecular weight is 305 g/mol. The van der Waals surface area contributed by atoms with Crippen LogP contribution in [0.5, 0.6) is 0 Å². The maximum Gasteiger partial charge on any atom is 0.139 e. The molecule has 0 saturated carbocycles. The number of benzene rings is 1. The van der Waals surface area contributed by atoms with Crippen molar-refractivity contribution in [1.29, 1.82) is 0 Å². The van der Waals surface area contributed by atoms with Crippen molar-refractivity contribution in [3.05, 3.63) is 22.4 Å². The Bertz CT molecular complexity index is 361. The zero-order valence-corrected chi connectivity index (χ0v) is 11.5. The Hall–Kier alpha value is -0.810. The van der Waals surface area contributed by atoms with Crippen LogP contribution in [0.1, 0.15) is 19.8 Å². The number of nitrogens with one attached hydrogen (secondary N) is 1. The molecular weight excluding hydrogens is 287 g/mol. The fourth-order valence-electron chi connectivity index (χ4n) is 1.32. The molecule has 1 aromatic carbocycles. The third-order valence-corrected chi connectivity index (χ3v) is 2.90. The summed E-state index contributed by atoms with van der Waals surface area (Å²) in [5.74, 6) is -0.325. The summed E-state index contributed by atoms with van der Waals surface area (Å²) in [6, 6.07) is 2.93. The molecule has 0 radical (unpaired) electrons. The summed E-state index contributed by atoms with van der Waals surface area (Å²) in [6.45, 7) is 4.10. The maximum atomic E-state index is 13.3. The number of hydrogen-bond acceptors (Lipinski definition) is 3. The molecule has 0 amide bonds. The largest absolute Gasteiger partial charge is 0.397 e. The van der Waals surface area contributed by atoms with Gasteiger partial charge >= 0.3 is 0 Å². The van der Waals surface area contributed by atoms with Crippen LogP contribution in [0.4, 0.5) is 15.8 Å². The molecule has 0 spiro atoms. The summed E-state index contributed by atoms with van der Waals surface area (Å²) in [6.07, 6.45) is 2.19. The summed E-state index contributed by atoms with van der Waals surface area (Å²) in [5.41, 5.74) is 6.87. The highest BCUT2D eigenvalue weighted by Crippen LogP contribution is 2.26. The Balaban J connectivity index is 2.34. The van der Waals surface area contributed by atoms with Crippen molar-refractivity contribution in [1.82, 2.24) is 0 Å². The molecule has 3 nitrogen and oxygen atoms in total. The quantitative estimate of drug-likeness (QED) is 0.599. The number of unbranched alkanes of at least 4 members (excludes halogenated alkanes) is 1. The van der Waals surface area contributed by atoms with E-state index in [-0.39, 0.29) is 5.82 Å². The Labute approximate surface area is 110 Å². The van der Waals surface area contributed by atoms with Gasteiger partial charge < -0.3 is 15.8 Å². The third kappa shape index (κ3) is 4.91. The molecule has 96 valence electrons. The molecule has 0 atom stereocenters. The van der Waals surface area contributed by atoms with Crippen molar-refractivity contribution in [3.8, 4) is 0 Å². The second-order valence-electron chi connectivity index (χ2n) is 3.75. The third-order valence-electron chi connectivity index (χ3n) is 2.30. The van der Waals surface area contributed by atoms with Gasteiger partial charge in [0.15, 0.2) is 0 Å². The Morgan fingerprint density at radius 1 is 1.41 bits per heavy atom. The van der Waals surface area contributed by atoms with E-state index in [1.54, 1.807) is 6.07 Å². The van der Waals surface area contributed by atoms with Gasteiger partial charge in [-0.3, -0.25) is 0 Å². The van der Waals surface area contributed by atoms with Crippen molar-refractivity contribution in [2.45, 2.75) is 19.8 Å². The maximum absolute atomic E-state index is 13.3. The summed E-state index contributed by atoms with van der Waals surface area (Å²) in [4.78, 5) is 0. The molecule has 0 aliphatic rings. The molecule has 0 aliphatic carbocycles. The molecule has 1 aromatic rings. The van der Waals surface area contributed by atoms with Crippen molar-refractivity contribution in [3.63, 3.8) is 0 Å². The van der Waals surface area contributed by atoms with Crippen LogP contribution >= 0.6 is 15.9 Å². The summed E-state index contributed by atoms with van der Waals surface area (Å²) in [7, 11) is 0. The molecule has 17 heavy (non-hydrogen) atoms. The lowest BCUT2D eigenvalue weighted by Crippen LogP contribution is -2.11. The highest BCUT2D eigenvalue weighted by atomic mass is 79.9. The summed E-state index contributed by atoms with van der Waals surface area (Å²) < 4.78 is 19.0. The minimum atomic E-state index is -0.325. The Morgan fingerprint density at radius 3 is 2.88 bits per heavy atom. The zero-order valence-electron chi connectivity index (χ0n) is 9.93. The number of nitrogens with two attached hydrogens (primary N) is 1. The van der Waals surface area contributed by atoms with E-state index in [2.05, 4.69) is 28.2 Å². The van der Waals surface area contributed by atoms with Crippen LogP contribution in [0.2, 0.25) is 0 Å². The monoisotopic (exact) mass is 304 g/mol. The highest BCUT2D eigenvalue weighted by Gasteiger charge is 2.05. The van der Waals surface area contributed by atoms with E-state index in [9.17, 15) is 4.39 Å². The van der Waals surface area contributed by atoms with Crippen molar-refractivity contribution in [2.24, 2.45) is 0 Å². The normalized spacial score (nSPS) is 10.5. The van der Waals surface area contributed by atoms with Gasteiger partial charge in [0, 0.05) is 19.2 Å². The molecule has 5 heteroatoms. The van der Waals surface area contributed by atoms with E-state index in [4.69, 9.17) is 10.5 Å². The predicted molar refractivity (Wildman–Crippen MR) is 72.7 cm³/mol. The smallest absolute Gasteiger partial charge is 0.139 e. The summed E-state index contributed by atoms with van der Waals surface area (Å²) in [5, 5.41) is 3.05. The Morgan fingerprint density at radius 2 is 2.18 bits per heavy atom. The number of hydrogen-bond donors (Lipinski definition) is 2. The van der Waals surface area contributed by atoms with E-state index in [0.717, 1.165) is 19.4 Å². The lowest BCUT2D eigenvalue weighted by Gasteiger charge is -2.10. The number of anilines is 2. The van der Waals surface area contributed by atoms with E-state index < -0.39 is 0 Å². The van der Waals surface area contributed by atoms with Gasteiger partial charge in [-0.05, 0) is 28.4 Å². The van der Waals surface area contributed by atoms with Crippen molar-refractivity contribution < 1.29 is 9.13 Å². The standard InChI is InChI=1S/C12H18BrFN2O/c1-2-3-5-17-6-4-16-12-8-10(14)9(13)7-11(12)15/h7-8,16H,2-6,15H2,1H3. The minimum Gasteiger partial charge on any atom is -0.397 e. The van der Waals surface area contributed by atoms with E-state index in [0.29, 0.717) is 29.0 Å².